The normalized spacial score (nSPS) is 10.5. The van der Waals surface area contributed by atoms with Crippen molar-refractivity contribution >= 4 is 29.1 Å². The lowest BCUT2D eigenvalue weighted by Gasteiger charge is -2.05. The summed E-state index contributed by atoms with van der Waals surface area (Å²) < 4.78 is 26.3. The average molecular weight is 302 g/mol. The van der Waals surface area contributed by atoms with Crippen LogP contribution in [0.4, 0.5) is 14.5 Å². The molecule has 0 aliphatic rings. The van der Waals surface area contributed by atoms with Gasteiger partial charge in [-0.15, -0.1) is 0 Å². The molecule has 0 heterocycles. The minimum Gasteiger partial charge on any atom is -0.258 e. The fourth-order valence-corrected chi connectivity index (χ4v) is 2.69. The van der Waals surface area contributed by atoms with E-state index in [9.17, 15) is 18.9 Å². The van der Waals surface area contributed by atoms with Crippen molar-refractivity contribution in [3.05, 3.63) is 63.2 Å². The van der Waals surface area contributed by atoms with Crippen molar-refractivity contribution in [3.63, 3.8) is 0 Å². The molecule has 0 atom stereocenters. The molecule has 2 rings (SSSR count). The Balaban J connectivity index is 2.44. The van der Waals surface area contributed by atoms with Crippen LogP contribution >= 0.6 is 23.4 Å². The van der Waals surface area contributed by atoms with Gasteiger partial charge in [0.2, 0.25) is 0 Å². The number of nitro benzene ring substituents is 1. The van der Waals surface area contributed by atoms with Gasteiger partial charge in [-0.1, -0.05) is 29.4 Å². The molecule has 2 aromatic rings. The van der Waals surface area contributed by atoms with Crippen molar-refractivity contribution in [2.45, 2.75) is 9.79 Å². The SMILES string of the molecule is O=[N+]([O-])c1c(Cl)cccc1Sc1ccc(F)cc1F. The Morgan fingerprint density at radius 2 is 1.89 bits per heavy atom. The molecule has 0 bridgehead atoms. The van der Waals surface area contributed by atoms with Gasteiger partial charge in [0.1, 0.15) is 16.7 Å². The van der Waals surface area contributed by atoms with Crippen LogP contribution in [0.1, 0.15) is 0 Å². The van der Waals surface area contributed by atoms with Crippen LogP contribution in [0.5, 0.6) is 0 Å². The van der Waals surface area contributed by atoms with Crippen LogP contribution in [-0.4, -0.2) is 4.92 Å². The largest absolute Gasteiger partial charge is 0.301 e. The van der Waals surface area contributed by atoms with Crippen LogP contribution in [0, 0.1) is 21.7 Å². The molecular weight excluding hydrogens is 296 g/mol. The van der Waals surface area contributed by atoms with E-state index < -0.39 is 16.6 Å². The van der Waals surface area contributed by atoms with E-state index in [1.165, 1.54) is 24.3 Å². The second-order valence-corrected chi connectivity index (χ2v) is 5.01. The zero-order chi connectivity index (χ0) is 14.0. The average Bonchev–Trinajstić information content (AvgIpc) is 2.32. The van der Waals surface area contributed by atoms with E-state index in [1.807, 2.05) is 0 Å². The second kappa shape index (κ2) is 5.54. The Hall–Kier alpha value is -1.66. The fraction of sp³-hybridized carbons (Fsp3) is 0. The Bertz CT molecular complexity index is 652. The van der Waals surface area contributed by atoms with E-state index >= 15 is 0 Å². The van der Waals surface area contributed by atoms with Gasteiger partial charge in [-0.3, -0.25) is 10.1 Å². The predicted octanol–water partition coefficient (Wildman–Crippen LogP) is 4.68. The zero-order valence-electron chi connectivity index (χ0n) is 9.27. The highest BCUT2D eigenvalue weighted by Crippen LogP contribution is 2.39. The molecule has 0 spiro atoms. The van der Waals surface area contributed by atoms with Crippen LogP contribution in [-0.2, 0) is 0 Å². The number of nitro groups is 1. The molecule has 19 heavy (non-hydrogen) atoms. The van der Waals surface area contributed by atoms with E-state index in [0.717, 1.165) is 23.9 Å². The highest BCUT2D eigenvalue weighted by molar-refractivity contribution is 7.99. The van der Waals surface area contributed by atoms with Gasteiger partial charge in [-0.2, -0.15) is 0 Å². The first kappa shape index (κ1) is 13.8. The van der Waals surface area contributed by atoms with Crippen molar-refractivity contribution in [2.24, 2.45) is 0 Å². The van der Waals surface area contributed by atoms with Gasteiger partial charge in [-0.25, -0.2) is 8.78 Å². The molecule has 0 N–H and O–H groups in total. The van der Waals surface area contributed by atoms with Crippen molar-refractivity contribution < 1.29 is 13.7 Å². The van der Waals surface area contributed by atoms with Crippen LogP contribution in [0.15, 0.2) is 46.2 Å². The lowest BCUT2D eigenvalue weighted by atomic mass is 10.3. The van der Waals surface area contributed by atoms with Gasteiger partial charge >= 0.3 is 5.69 Å². The van der Waals surface area contributed by atoms with Crippen LogP contribution in [0.2, 0.25) is 5.02 Å². The minimum atomic E-state index is -0.778. The monoisotopic (exact) mass is 301 g/mol. The quantitative estimate of drug-likeness (QED) is 0.611. The Morgan fingerprint density at radius 3 is 2.53 bits per heavy atom. The molecule has 0 aromatic heterocycles. The van der Waals surface area contributed by atoms with Crippen molar-refractivity contribution in [1.29, 1.82) is 0 Å². The zero-order valence-corrected chi connectivity index (χ0v) is 10.8. The molecule has 0 radical (unpaired) electrons. The molecule has 0 aliphatic carbocycles. The van der Waals surface area contributed by atoms with E-state index in [4.69, 9.17) is 11.6 Å². The smallest absolute Gasteiger partial charge is 0.258 e. The highest BCUT2D eigenvalue weighted by Gasteiger charge is 2.20. The first-order chi connectivity index (χ1) is 8.99. The second-order valence-electron chi connectivity index (χ2n) is 3.52. The molecular formula is C12H6ClF2NO2S. The summed E-state index contributed by atoms with van der Waals surface area (Å²) in [5, 5.41) is 10.9. The number of halogens is 3. The molecule has 7 heteroatoms. The standard InChI is InChI=1S/C12H6ClF2NO2S/c13-8-2-1-3-11(12(8)16(17)18)19-10-5-4-7(14)6-9(10)15/h1-6H. The molecule has 0 saturated heterocycles. The van der Waals surface area contributed by atoms with Gasteiger partial charge in [0.25, 0.3) is 0 Å². The lowest BCUT2D eigenvalue weighted by molar-refractivity contribution is -0.387. The van der Waals surface area contributed by atoms with Gasteiger partial charge < -0.3 is 0 Å². The molecule has 0 saturated carbocycles. The summed E-state index contributed by atoms with van der Waals surface area (Å²) in [5.74, 6) is -1.48. The number of para-hydroxylation sites is 1. The topological polar surface area (TPSA) is 43.1 Å². The molecule has 0 unspecified atom stereocenters. The van der Waals surface area contributed by atoms with Gasteiger partial charge in [0.15, 0.2) is 0 Å². The number of nitrogens with zero attached hydrogens (tertiary/aromatic N) is 1. The summed E-state index contributed by atoms with van der Waals surface area (Å²) in [5.41, 5.74) is -0.294. The van der Waals surface area contributed by atoms with Crippen LogP contribution in [0.25, 0.3) is 0 Å². The summed E-state index contributed by atoms with van der Waals surface area (Å²) in [6, 6.07) is 7.39. The predicted molar refractivity (Wildman–Crippen MR) is 68.6 cm³/mol. The maximum Gasteiger partial charge on any atom is 0.301 e. The number of hydrogen-bond donors (Lipinski definition) is 0. The van der Waals surface area contributed by atoms with Crippen LogP contribution < -0.4 is 0 Å². The Labute approximate surface area is 116 Å². The lowest BCUT2D eigenvalue weighted by Crippen LogP contribution is -1.92. The highest BCUT2D eigenvalue weighted by atomic mass is 35.5. The maximum absolute atomic E-state index is 13.5. The first-order valence-corrected chi connectivity index (χ1v) is 6.24. The fourth-order valence-electron chi connectivity index (χ4n) is 1.43. The van der Waals surface area contributed by atoms with E-state index in [0.29, 0.717) is 0 Å². The minimum absolute atomic E-state index is 0.0301. The number of benzene rings is 2. The summed E-state index contributed by atoms with van der Waals surface area (Å²) in [7, 11) is 0. The van der Waals surface area contributed by atoms with Crippen LogP contribution in [0.3, 0.4) is 0 Å². The van der Waals surface area contributed by atoms with E-state index in [1.54, 1.807) is 0 Å². The van der Waals surface area contributed by atoms with Gasteiger partial charge in [0.05, 0.1) is 9.82 Å². The number of rotatable bonds is 3. The Morgan fingerprint density at radius 1 is 1.16 bits per heavy atom. The van der Waals surface area contributed by atoms with E-state index in [2.05, 4.69) is 0 Å². The molecule has 98 valence electrons. The van der Waals surface area contributed by atoms with Crippen molar-refractivity contribution in [1.82, 2.24) is 0 Å². The summed E-state index contributed by atoms with van der Waals surface area (Å²) in [4.78, 5) is 10.6. The Kier molecular flexibility index (Phi) is 4.01. The summed E-state index contributed by atoms with van der Waals surface area (Å²) in [6.07, 6.45) is 0. The third-order valence-electron chi connectivity index (χ3n) is 2.25. The van der Waals surface area contributed by atoms with Crippen molar-refractivity contribution in [3.8, 4) is 0 Å². The van der Waals surface area contributed by atoms with Gasteiger partial charge in [0, 0.05) is 11.0 Å². The third kappa shape index (κ3) is 3.02. The van der Waals surface area contributed by atoms with Gasteiger partial charge in [-0.05, 0) is 24.3 Å². The molecule has 0 fully saturated rings. The third-order valence-corrected chi connectivity index (χ3v) is 3.65. The maximum atomic E-state index is 13.5. The van der Waals surface area contributed by atoms with E-state index in [-0.39, 0.29) is 20.5 Å². The molecule has 0 aliphatic heterocycles. The first-order valence-electron chi connectivity index (χ1n) is 5.05. The molecule has 3 nitrogen and oxygen atoms in total. The molecule has 0 amide bonds. The number of hydrogen-bond acceptors (Lipinski definition) is 3. The van der Waals surface area contributed by atoms with Crippen molar-refractivity contribution in [2.75, 3.05) is 0 Å². The molecule has 2 aromatic carbocycles. The summed E-state index contributed by atoms with van der Waals surface area (Å²) in [6.45, 7) is 0. The summed E-state index contributed by atoms with van der Waals surface area (Å²) >= 11 is 6.57.